The third-order valence-electron chi connectivity index (χ3n) is 2.83. The highest BCUT2D eigenvalue weighted by Gasteiger charge is 2.32. The lowest BCUT2D eigenvalue weighted by molar-refractivity contribution is -0.274. The number of nitrogens with one attached hydrogen (secondary N) is 1. The van der Waals surface area contributed by atoms with Gasteiger partial charge in [-0.2, -0.15) is 0 Å². The molecule has 1 heterocycles. The van der Waals surface area contributed by atoms with Crippen LogP contribution >= 0.6 is 15.9 Å². The van der Waals surface area contributed by atoms with Gasteiger partial charge in [0.15, 0.2) is 5.75 Å². The van der Waals surface area contributed by atoms with Crippen LogP contribution in [-0.2, 0) is 13.1 Å². The Morgan fingerprint density at radius 1 is 1.29 bits per heavy atom. The van der Waals surface area contributed by atoms with Gasteiger partial charge in [0.05, 0.1) is 5.69 Å². The second-order valence-corrected chi connectivity index (χ2v) is 5.31. The topological polar surface area (TPSA) is 26.2 Å². The van der Waals surface area contributed by atoms with Gasteiger partial charge in [-0.25, -0.2) is 0 Å². The van der Waals surface area contributed by atoms with Crippen molar-refractivity contribution in [2.24, 2.45) is 0 Å². The molecule has 0 fully saturated rings. The second kappa shape index (κ2) is 6.43. The summed E-state index contributed by atoms with van der Waals surface area (Å²) in [6.07, 6.45) is -0.857. The van der Waals surface area contributed by atoms with Crippen molar-refractivity contribution in [3.63, 3.8) is 0 Å². The summed E-state index contributed by atoms with van der Waals surface area (Å²) in [4.78, 5) is 0. The first-order valence-corrected chi connectivity index (χ1v) is 7.10. The number of alkyl halides is 3. The number of benzene rings is 1. The molecular formula is C14H14BrF3N2O. The van der Waals surface area contributed by atoms with Crippen LogP contribution in [0.4, 0.5) is 18.9 Å². The first kappa shape index (κ1) is 15.8. The third kappa shape index (κ3) is 4.70. The van der Waals surface area contributed by atoms with Gasteiger partial charge in [0.2, 0.25) is 0 Å². The van der Waals surface area contributed by atoms with E-state index in [9.17, 15) is 13.2 Å². The number of aromatic nitrogens is 1. The van der Waals surface area contributed by atoms with Crippen LogP contribution in [0.2, 0.25) is 0 Å². The Morgan fingerprint density at radius 3 is 2.67 bits per heavy atom. The number of nitrogens with zero attached hydrogens (tertiary/aromatic N) is 1. The molecule has 0 amide bonds. The molecule has 0 saturated heterocycles. The van der Waals surface area contributed by atoms with Crippen LogP contribution in [-0.4, -0.2) is 10.9 Å². The van der Waals surface area contributed by atoms with Crippen LogP contribution in [0.5, 0.6) is 5.75 Å². The molecule has 3 nitrogen and oxygen atoms in total. The number of anilines is 1. The normalized spacial score (nSPS) is 11.5. The highest BCUT2D eigenvalue weighted by molar-refractivity contribution is 9.10. The zero-order valence-corrected chi connectivity index (χ0v) is 12.8. The smallest absolute Gasteiger partial charge is 0.404 e. The van der Waals surface area contributed by atoms with E-state index in [1.54, 1.807) is 12.1 Å². The lowest BCUT2D eigenvalue weighted by Gasteiger charge is -2.14. The van der Waals surface area contributed by atoms with Crippen LogP contribution < -0.4 is 10.1 Å². The minimum Gasteiger partial charge on any atom is -0.404 e. The molecule has 2 rings (SSSR count). The van der Waals surface area contributed by atoms with Crippen LogP contribution in [0.15, 0.2) is 41.1 Å². The minimum absolute atomic E-state index is 0.258. The van der Waals surface area contributed by atoms with Gasteiger partial charge in [0, 0.05) is 30.0 Å². The molecule has 1 aromatic carbocycles. The van der Waals surface area contributed by atoms with E-state index in [-0.39, 0.29) is 5.75 Å². The largest absolute Gasteiger partial charge is 0.573 e. The van der Waals surface area contributed by atoms with Gasteiger partial charge >= 0.3 is 6.36 Å². The summed E-state index contributed by atoms with van der Waals surface area (Å²) in [7, 11) is 0. The van der Waals surface area contributed by atoms with Crippen molar-refractivity contribution in [3.05, 3.63) is 46.7 Å². The van der Waals surface area contributed by atoms with Gasteiger partial charge < -0.3 is 14.6 Å². The fourth-order valence-corrected chi connectivity index (χ4v) is 2.18. The first-order valence-electron chi connectivity index (χ1n) is 6.31. The van der Waals surface area contributed by atoms with Crippen molar-refractivity contribution in [1.82, 2.24) is 4.57 Å². The molecule has 0 radical (unpaired) electrons. The number of hydrogen-bond acceptors (Lipinski definition) is 2. The SMILES string of the molecule is CCn1ccc(CNc2ccc(Br)cc2OC(F)(F)F)c1. The fraction of sp³-hybridized carbons (Fsp3) is 0.286. The highest BCUT2D eigenvalue weighted by Crippen LogP contribution is 2.33. The monoisotopic (exact) mass is 362 g/mol. The molecule has 7 heteroatoms. The summed E-state index contributed by atoms with van der Waals surface area (Å²) >= 11 is 3.13. The average Bonchev–Trinajstić information content (AvgIpc) is 2.84. The Labute approximate surface area is 128 Å². The number of hydrogen-bond donors (Lipinski definition) is 1. The van der Waals surface area contributed by atoms with E-state index < -0.39 is 6.36 Å². The maximum absolute atomic E-state index is 12.4. The van der Waals surface area contributed by atoms with Gasteiger partial charge in [-0.1, -0.05) is 15.9 Å². The molecule has 0 unspecified atom stereocenters. The first-order chi connectivity index (χ1) is 9.87. The van der Waals surface area contributed by atoms with Crippen LogP contribution in [0.3, 0.4) is 0 Å². The standard InChI is InChI=1S/C14H14BrF3N2O/c1-2-20-6-5-10(9-20)8-19-12-4-3-11(15)7-13(12)21-14(16,17)18/h3-7,9,19H,2,8H2,1H3. The second-order valence-electron chi connectivity index (χ2n) is 4.39. The number of aryl methyl sites for hydroxylation is 1. The van der Waals surface area contributed by atoms with Crippen molar-refractivity contribution < 1.29 is 17.9 Å². The molecule has 0 atom stereocenters. The summed E-state index contributed by atoms with van der Waals surface area (Å²) in [5.74, 6) is -0.258. The average molecular weight is 363 g/mol. The Morgan fingerprint density at radius 2 is 2.05 bits per heavy atom. The van der Waals surface area contributed by atoms with E-state index in [4.69, 9.17) is 0 Å². The summed E-state index contributed by atoms with van der Waals surface area (Å²) < 4.78 is 43.7. The Kier molecular flexibility index (Phi) is 4.82. The van der Waals surface area contributed by atoms with E-state index >= 15 is 0 Å². The van der Waals surface area contributed by atoms with Crippen LogP contribution in [0.1, 0.15) is 12.5 Å². The zero-order chi connectivity index (χ0) is 15.5. The number of ether oxygens (including phenoxy) is 1. The molecular weight excluding hydrogens is 349 g/mol. The van der Waals surface area contributed by atoms with E-state index in [0.717, 1.165) is 12.1 Å². The molecule has 2 aromatic rings. The molecule has 114 valence electrons. The molecule has 1 aromatic heterocycles. The Hall–Kier alpha value is -1.63. The molecule has 0 saturated carbocycles. The van der Waals surface area contributed by atoms with Crippen molar-refractivity contribution in [1.29, 1.82) is 0 Å². The van der Waals surface area contributed by atoms with E-state index in [0.29, 0.717) is 16.7 Å². The predicted octanol–water partition coefficient (Wildman–Crippen LogP) is 4.78. The lowest BCUT2D eigenvalue weighted by Crippen LogP contribution is -2.18. The third-order valence-corrected chi connectivity index (χ3v) is 3.32. The molecule has 21 heavy (non-hydrogen) atoms. The number of halogens is 4. The van der Waals surface area contributed by atoms with E-state index in [1.165, 1.54) is 6.07 Å². The Bertz CT molecular complexity index is 611. The lowest BCUT2D eigenvalue weighted by atomic mass is 10.2. The maximum atomic E-state index is 12.4. The van der Waals surface area contributed by atoms with Gasteiger partial charge in [-0.05, 0) is 36.8 Å². The summed E-state index contributed by atoms with van der Waals surface area (Å²) in [6.45, 7) is 3.28. The van der Waals surface area contributed by atoms with Crippen molar-refractivity contribution in [2.75, 3.05) is 5.32 Å². The molecule has 0 aliphatic carbocycles. The minimum atomic E-state index is -4.72. The highest BCUT2D eigenvalue weighted by atomic mass is 79.9. The van der Waals surface area contributed by atoms with E-state index in [1.807, 2.05) is 30.0 Å². The van der Waals surface area contributed by atoms with Gasteiger partial charge in [-0.15, -0.1) is 13.2 Å². The summed E-state index contributed by atoms with van der Waals surface area (Å²) in [5.41, 5.74) is 1.28. The molecule has 0 aliphatic rings. The predicted molar refractivity (Wildman–Crippen MR) is 78.3 cm³/mol. The Balaban J connectivity index is 2.11. The zero-order valence-electron chi connectivity index (χ0n) is 11.2. The van der Waals surface area contributed by atoms with Gasteiger partial charge in [0.25, 0.3) is 0 Å². The van der Waals surface area contributed by atoms with E-state index in [2.05, 4.69) is 26.0 Å². The van der Waals surface area contributed by atoms with Crippen LogP contribution in [0, 0.1) is 0 Å². The summed E-state index contributed by atoms with van der Waals surface area (Å²) in [5, 5.41) is 2.96. The van der Waals surface area contributed by atoms with Gasteiger partial charge in [-0.3, -0.25) is 0 Å². The fourth-order valence-electron chi connectivity index (χ4n) is 1.84. The van der Waals surface area contributed by atoms with Crippen molar-refractivity contribution in [3.8, 4) is 5.75 Å². The van der Waals surface area contributed by atoms with Gasteiger partial charge in [0.1, 0.15) is 0 Å². The molecule has 0 bridgehead atoms. The van der Waals surface area contributed by atoms with Crippen LogP contribution in [0.25, 0.3) is 0 Å². The van der Waals surface area contributed by atoms with Crippen molar-refractivity contribution >= 4 is 21.6 Å². The van der Waals surface area contributed by atoms with Crippen molar-refractivity contribution in [2.45, 2.75) is 26.4 Å². The maximum Gasteiger partial charge on any atom is 0.573 e. The molecule has 0 aliphatic heterocycles. The quantitative estimate of drug-likeness (QED) is 0.828. The number of rotatable bonds is 5. The summed E-state index contributed by atoms with van der Waals surface area (Å²) in [6, 6.07) is 6.40. The molecule has 1 N–H and O–H groups in total. The molecule has 0 spiro atoms.